The van der Waals surface area contributed by atoms with E-state index < -0.39 is 0 Å². The Bertz CT molecular complexity index is 470. The second-order valence-electron chi connectivity index (χ2n) is 5.63. The number of benzene rings is 1. The molecule has 20 heavy (non-hydrogen) atoms. The number of amides is 1. The molecule has 0 spiro atoms. The molecule has 1 aliphatic carbocycles. The highest BCUT2D eigenvalue weighted by Crippen LogP contribution is 2.30. The minimum absolute atomic E-state index is 0.0352. The van der Waals surface area contributed by atoms with Crippen LogP contribution >= 0.6 is 38.5 Å². The van der Waals surface area contributed by atoms with E-state index in [4.69, 9.17) is 0 Å². The van der Waals surface area contributed by atoms with E-state index in [-0.39, 0.29) is 5.91 Å². The monoisotopic (exact) mass is 449 g/mol. The molecule has 0 radical (unpaired) electrons. The van der Waals surface area contributed by atoms with Gasteiger partial charge in [0.1, 0.15) is 0 Å². The maximum absolute atomic E-state index is 12.2. The summed E-state index contributed by atoms with van der Waals surface area (Å²) in [5, 5.41) is 3.10. The largest absolute Gasteiger partial charge is 0.352 e. The first-order chi connectivity index (χ1) is 9.60. The van der Waals surface area contributed by atoms with E-state index in [9.17, 15) is 4.79 Å². The van der Waals surface area contributed by atoms with Gasteiger partial charge in [0.2, 0.25) is 0 Å². The highest BCUT2D eigenvalue weighted by atomic mass is 127. The quantitative estimate of drug-likeness (QED) is 0.644. The molecule has 0 heterocycles. The highest BCUT2D eigenvalue weighted by Gasteiger charge is 2.20. The standard InChI is InChI=1S/C16H21BrINO/c1-2-11-3-5-12(6-4-11)10-19-16(20)14-9-13(18)7-8-15(14)17/h7-9,11-12H,2-6,10H2,1H3,(H,19,20). The summed E-state index contributed by atoms with van der Waals surface area (Å²) >= 11 is 5.68. The summed E-state index contributed by atoms with van der Waals surface area (Å²) < 4.78 is 1.95. The molecule has 4 heteroatoms. The fraction of sp³-hybridized carbons (Fsp3) is 0.562. The van der Waals surface area contributed by atoms with E-state index in [1.165, 1.54) is 32.1 Å². The van der Waals surface area contributed by atoms with Gasteiger partial charge in [-0.2, -0.15) is 0 Å². The third-order valence-corrected chi connectivity index (χ3v) is 5.63. The van der Waals surface area contributed by atoms with Crippen molar-refractivity contribution < 1.29 is 4.79 Å². The van der Waals surface area contributed by atoms with Crippen LogP contribution in [0.1, 0.15) is 49.4 Å². The minimum Gasteiger partial charge on any atom is -0.352 e. The Hall–Kier alpha value is -0.100. The number of nitrogens with one attached hydrogen (secondary N) is 1. The van der Waals surface area contributed by atoms with Crippen molar-refractivity contribution >= 4 is 44.4 Å². The number of rotatable bonds is 4. The zero-order valence-electron chi connectivity index (χ0n) is 11.8. The maximum Gasteiger partial charge on any atom is 0.252 e. The van der Waals surface area contributed by atoms with Crippen LogP contribution in [0.2, 0.25) is 0 Å². The Kier molecular flexibility index (Phi) is 6.33. The average molecular weight is 450 g/mol. The molecular weight excluding hydrogens is 429 g/mol. The topological polar surface area (TPSA) is 29.1 Å². The van der Waals surface area contributed by atoms with E-state index in [1.54, 1.807) is 0 Å². The molecule has 0 aromatic heterocycles. The zero-order valence-corrected chi connectivity index (χ0v) is 15.5. The van der Waals surface area contributed by atoms with Crippen LogP contribution in [0, 0.1) is 15.4 Å². The Labute approximate surface area is 143 Å². The van der Waals surface area contributed by atoms with Crippen LogP contribution in [0.15, 0.2) is 22.7 Å². The van der Waals surface area contributed by atoms with Crippen LogP contribution in [0.4, 0.5) is 0 Å². The molecule has 0 atom stereocenters. The average Bonchev–Trinajstić information content (AvgIpc) is 2.47. The predicted molar refractivity (Wildman–Crippen MR) is 94.9 cm³/mol. The van der Waals surface area contributed by atoms with Crippen molar-refractivity contribution in [1.82, 2.24) is 5.32 Å². The van der Waals surface area contributed by atoms with Crippen LogP contribution in [0.3, 0.4) is 0 Å². The third kappa shape index (κ3) is 4.45. The first kappa shape index (κ1) is 16.3. The number of carbonyl (C=O) groups excluding carboxylic acids is 1. The first-order valence-electron chi connectivity index (χ1n) is 7.33. The molecule has 1 N–H and O–H groups in total. The van der Waals surface area contributed by atoms with Gasteiger partial charge in [0, 0.05) is 14.6 Å². The zero-order chi connectivity index (χ0) is 14.5. The number of hydrogen-bond acceptors (Lipinski definition) is 1. The molecule has 1 aromatic rings. The molecule has 2 rings (SSSR count). The lowest BCUT2D eigenvalue weighted by Crippen LogP contribution is -2.31. The summed E-state index contributed by atoms with van der Waals surface area (Å²) in [6.07, 6.45) is 6.46. The van der Waals surface area contributed by atoms with Crippen LogP contribution in [0.5, 0.6) is 0 Å². The molecule has 1 fully saturated rings. The third-order valence-electron chi connectivity index (χ3n) is 4.27. The van der Waals surface area contributed by atoms with Gasteiger partial charge in [-0.05, 0) is 81.4 Å². The lowest BCUT2D eigenvalue weighted by Gasteiger charge is -2.27. The summed E-state index contributed by atoms with van der Waals surface area (Å²) in [7, 11) is 0. The maximum atomic E-state index is 12.2. The Morgan fingerprint density at radius 1 is 1.30 bits per heavy atom. The van der Waals surface area contributed by atoms with E-state index in [2.05, 4.69) is 50.8 Å². The smallest absolute Gasteiger partial charge is 0.252 e. The fourth-order valence-corrected chi connectivity index (χ4v) is 3.77. The summed E-state index contributed by atoms with van der Waals surface area (Å²) in [6, 6.07) is 5.85. The summed E-state index contributed by atoms with van der Waals surface area (Å²) in [6.45, 7) is 3.09. The van der Waals surface area contributed by atoms with Crippen molar-refractivity contribution in [1.29, 1.82) is 0 Å². The van der Waals surface area contributed by atoms with Gasteiger partial charge in [0.15, 0.2) is 0 Å². The molecule has 0 aliphatic heterocycles. The summed E-state index contributed by atoms with van der Waals surface area (Å²) in [4.78, 5) is 12.2. The van der Waals surface area contributed by atoms with Crippen molar-refractivity contribution in [2.75, 3.05) is 6.54 Å². The minimum atomic E-state index is 0.0352. The molecule has 0 saturated heterocycles. The number of hydrogen-bond donors (Lipinski definition) is 1. The first-order valence-corrected chi connectivity index (χ1v) is 9.20. The van der Waals surface area contributed by atoms with Gasteiger partial charge in [-0.25, -0.2) is 0 Å². The van der Waals surface area contributed by atoms with Crippen LogP contribution < -0.4 is 5.32 Å². The molecule has 1 amide bonds. The van der Waals surface area contributed by atoms with E-state index in [1.807, 2.05) is 18.2 Å². The van der Waals surface area contributed by atoms with Crippen LogP contribution in [-0.2, 0) is 0 Å². The number of halogens is 2. The van der Waals surface area contributed by atoms with Crippen molar-refractivity contribution in [2.24, 2.45) is 11.8 Å². The van der Waals surface area contributed by atoms with Gasteiger partial charge < -0.3 is 5.32 Å². The molecule has 1 saturated carbocycles. The lowest BCUT2D eigenvalue weighted by molar-refractivity contribution is 0.0940. The molecule has 1 aromatic carbocycles. The van der Waals surface area contributed by atoms with E-state index >= 15 is 0 Å². The molecule has 1 aliphatic rings. The van der Waals surface area contributed by atoms with E-state index in [0.29, 0.717) is 5.92 Å². The molecular formula is C16H21BrINO. The lowest BCUT2D eigenvalue weighted by atomic mass is 9.81. The molecule has 0 unspecified atom stereocenters. The van der Waals surface area contributed by atoms with Crippen molar-refractivity contribution in [3.63, 3.8) is 0 Å². The second kappa shape index (κ2) is 7.78. The van der Waals surface area contributed by atoms with E-state index in [0.717, 1.165) is 26.1 Å². The van der Waals surface area contributed by atoms with Crippen molar-refractivity contribution in [3.05, 3.63) is 31.8 Å². The fourth-order valence-electron chi connectivity index (χ4n) is 2.85. The van der Waals surface area contributed by atoms with Gasteiger partial charge in [-0.3, -0.25) is 4.79 Å². The van der Waals surface area contributed by atoms with Gasteiger partial charge in [-0.1, -0.05) is 26.2 Å². The second-order valence-corrected chi connectivity index (χ2v) is 7.73. The highest BCUT2D eigenvalue weighted by molar-refractivity contribution is 14.1. The van der Waals surface area contributed by atoms with Crippen LogP contribution in [-0.4, -0.2) is 12.5 Å². The van der Waals surface area contributed by atoms with Crippen molar-refractivity contribution in [2.45, 2.75) is 39.0 Å². The Balaban J connectivity index is 1.85. The molecule has 110 valence electrons. The van der Waals surface area contributed by atoms with Gasteiger partial charge in [0.25, 0.3) is 5.91 Å². The SMILES string of the molecule is CCC1CCC(CNC(=O)c2cc(I)ccc2Br)CC1. The summed E-state index contributed by atoms with van der Waals surface area (Å²) in [5.41, 5.74) is 0.735. The Morgan fingerprint density at radius 2 is 1.95 bits per heavy atom. The molecule has 2 nitrogen and oxygen atoms in total. The summed E-state index contributed by atoms with van der Waals surface area (Å²) in [5.74, 6) is 1.60. The normalized spacial score (nSPS) is 22.6. The van der Waals surface area contributed by atoms with Gasteiger partial charge in [-0.15, -0.1) is 0 Å². The van der Waals surface area contributed by atoms with Gasteiger partial charge >= 0.3 is 0 Å². The molecule has 0 bridgehead atoms. The number of carbonyl (C=O) groups is 1. The van der Waals surface area contributed by atoms with Crippen LogP contribution in [0.25, 0.3) is 0 Å². The van der Waals surface area contributed by atoms with Crippen molar-refractivity contribution in [3.8, 4) is 0 Å². The van der Waals surface area contributed by atoms with Gasteiger partial charge in [0.05, 0.1) is 5.56 Å². The Morgan fingerprint density at radius 3 is 2.60 bits per heavy atom. The predicted octanol–water partition coefficient (Wildman–Crippen LogP) is 5.00.